The molecule has 2 N–H and O–H groups in total. The first-order valence-electron chi connectivity index (χ1n) is 7.07. The van der Waals surface area contributed by atoms with Gasteiger partial charge in [0.05, 0.1) is 18.4 Å². The highest BCUT2D eigenvalue weighted by Gasteiger charge is 2.24. The molecule has 1 aromatic carbocycles. The molecule has 106 valence electrons. The third-order valence-corrected chi connectivity index (χ3v) is 5.11. The highest BCUT2D eigenvalue weighted by atomic mass is 32.1. The second kappa shape index (κ2) is 5.54. The van der Waals surface area contributed by atoms with Crippen molar-refractivity contribution in [3.63, 3.8) is 0 Å². The molecule has 1 aromatic heterocycles. The predicted molar refractivity (Wildman–Crippen MR) is 83.6 cm³/mol. The number of hydrogen-bond acceptors (Lipinski definition) is 4. The molecule has 2 aromatic rings. The topological polar surface area (TPSA) is 48.1 Å². The molecule has 0 aliphatic heterocycles. The molecule has 0 saturated carbocycles. The average molecular weight is 288 g/mol. The van der Waals surface area contributed by atoms with Crippen molar-refractivity contribution in [1.29, 1.82) is 0 Å². The second-order valence-corrected chi connectivity index (χ2v) is 6.44. The van der Waals surface area contributed by atoms with Crippen molar-refractivity contribution in [1.82, 2.24) is 4.98 Å². The van der Waals surface area contributed by atoms with Crippen molar-refractivity contribution >= 4 is 11.3 Å². The average Bonchev–Trinajstić information content (AvgIpc) is 2.90. The maximum absolute atomic E-state index is 5.88. The highest BCUT2D eigenvalue weighted by molar-refractivity contribution is 7.15. The monoisotopic (exact) mass is 288 g/mol. The summed E-state index contributed by atoms with van der Waals surface area (Å²) in [6, 6.07) is 6.28. The fourth-order valence-electron chi connectivity index (χ4n) is 2.83. The van der Waals surface area contributed by atoms with Crippen molar-refractivity contribution in [2.24, 2.45) is 5.73 Å². The molecule has 0 spiro atoms. The van der Waals surface area contributed by atoms with E-state index in [0.717, 1.165) is 29.2 Å². The molecule has 3 nitrogen and oxygen atoms in total. The van der Waals surface area contributed by atoms with Crippen molar-refractivity contribution in [3.05, 3.63) is 34.3 Å². The predicted octanol–water partition coefficient (Wildman–Crippen LogP) is 3.51. The molecule has 0 amide bonds. The Morgan fingerprint density at radius 2 is 2.30 bits per heavy atom. The van der Waals surface area contributed by atoms with Crippen LogP contribution in [-0.2, 0) is 6.42 Å². The van der Waals surface area contributed by atoms with Gasteiger partial charge in [-0.15, -0.1) is 11.3 Å². The molecule has 0 radical (unpaired) electrons. The zero-order valence-electron chi connectivity index (χ0n) is 12.0. The van der Waals surface area contributed by atoms with E-state index in [2.05, 4.69) is 25.1 Å². The van der Waals surface area contributed by atoms with E-state index in [0.29, 0.717) is 12.5 Å². The Kier molecular flexibility index (Phi) is 3.76. The minimum atomic E-state index is 0.431. The molecule has 0 bridgehead atoms. The second-order valence-electron chi connectivity index (χ2n) is 5.36. The number of fused-ring (bicyclic) bond motifs is 1. The normalized spacial score (nSPS) is 17.9. The number of rotatable bonds is 3. The molecule has 4 heteroatoms. The minimum absolute atomic E-state index is 0.431. The number of benzene rings is 1. The molecule has 1 atom stereocenters. The number of nitrogens with two attached hydrogens (primary N) is 1. The summed E-state index contributed by atoms with van der Waals surface area (Å²) in [5.74, 6) is 1.33. The smallest absolute Gasteiger partial charge is 0.129 e. The van der Waals surface area contributed by atoms with E-state index in [1.54, 1.807) is 18.4 Å². The van der Waals surface area contributed by atoms with E-state index < -0.39 is 0 Å². The Morgan fingerprint density at radius 3 is 3.05 bits per heavy atom. The molecular weight excluding hydrogens is 268 g/mol. The summed E-state index contributed by atoms with van der Waals surface area (Å²) in [4.78, 5) is 6.28. The maximum Gasteiger partial charge on any atom is 0.129 e. The molecule has 0 fully saturated rings. The maximum atomic E-state index is 5.88. The Morgan fingerprint density at radius 1 is 1.45 bits per heavy atom. The van der Waals surface area contributed by atoms with Gasteiger partial charge < -0.3 is 10.5 Å². The SMILES string of the molecule is COc1cc(C)ccc1-c1nc2c(s1)CCCC2CN. The van der Waals surface area contributed by atoms with Crippen LogP contribution in [0.2, 0.25) is 0 Å². The summed E-state index contributed by atoms with van der Waals surface area (Å²) >= 11 is 1.80. The van der Waals surface area contributed by atoms with Crippen LogP contribution in [-0.4, -0.2) is 18.6 Å². The summed E-state index contributed by atoms with van der Waals surface area (Å²) in [6.45, 7) is 2.77. The summed E-state index contributed by atoms with van der Waals surface area (Å²) in [5.41, 5.74) is 9.40. The van der Waals surface area contributed by atoms with Crippen LogP contribution in [0.3, 0.4) is 0 Å². The van der Waals surface area contributed by atoms with Gasteiger partial charge in [0.1, 0.15) is 10.8 Å². The van der Waals surface area contributed by atoms with E-state index in [1.165, 1.54) is 22.6 Å². The van der Waals surface area contributed by atoms with Crippen LogP contribution in [0, 0.1) is 6.92 Å². The van der Waals surface area contributed by atoms with Crippen molar-refractivity contribution in [2.45, 2.75) is 32.1 Å². The number of methoxy groups -OCH3 is 1. The van der Waals surface area contributed by atoms with E-state index >= 15 is 0 Å². The Labute approximate surface area is 123 Å². The molecule has 1 heterocycles. The molecule has 3 rings (SSSR count). The quantitative estimate of drug-likeness (QED) is 0.940. The van der Waals surface area contributed by atoms with Gasteiger partial charge in [-0.3, -0.25) is 0 Å². The van der Waals surface area contributed by atoms with Crippen LogP contribution in [0.4, 0.5) is 0 Å². The van der Waals surface area contributed by atoms with Crippen LogP contribution in [0.5, 0.6) is 5.75 Å². The Balaban J connectivity index is 2.05. The van der Waals surface area contributed by atoms with Crippen molar-refractivity contribution in [3.8, 4) is 16.3 Å². The molecule has 1 unspecified atom stereocenters. The third-order valence-electron chi connectivity index (χ3n) is 3.94. The lowest BCUT2D eigenvalue weighted by Crippen LogP contribution is -2.17. The fraction of sp³-hybridized carbons (Fsp3) is 0.438. The van der Waals surface area contributed by atoms with Crippen molar-refractivity contribution < 1.29 is 4.74 Å². The minimum Gasteiger partial charge on any atom is -0.496 e. The van der Waals surface area contributed by atoms with Gasteiger partial charge >= 0.3 is 0 Å². The zero-order chi connectivity index (χ0) is 14.1. The van der Waals surface area contributed by atoms with Crippen LogP contribution < -0.4 is 10.5 Å². The van der Waals surface area contributed by atoms with E-state index in [4.69, 9.17) is 15.5 Å². The first-order valence-corrected chi connectivity index (χ1v) is 7.89. The first-order chi connectivity index (χ1) is 9.72. The van der Waals surface area contributed by atoms with Gasteiger partial charge in [0.15, 0.2) is 0 Å². The summed E-state index contributed by atoms with van der Waals surface area (Å²) in [6.07, 6.45) is 3.52. The molecule has 1 aliphatic rings. The Hall–Kier alpha value is -1.39. The molecular formula is C16H20N2OS. The first kappa shape index (κ1) is 13.6. The largest absolute Gasteiger partial charge is 0.496 e. The van der Waals surface area contributed by atoms with Crippen LogP contribution >= 0.6 is 11.3 Å². The number of nitrogens with zero attached hydrogens (tertiary/aromatic N) is 1. The van der Waals surface area contributed by atoms with Crippen LogP contribution in [0.1, 0.15) is 34.9 Å². The highest BCUT2D eigenvalue weighted by Crippen LogP contribution is 2.40. The van der Waals surface area contributed by atoms with Gasteiger partial charge in [0, 0.05) is 17.3 Å². The number of ether oxygens (including phenoxy) is 1. The molecule has 0 saturated heterocycles. The molecule has 20 heavy (non-hydrogen) atoms. The Bertz CT molecular complexity index is 621. The lowest BCUT2D eigenvalue weighted by Gasteiger charge is -2.18. The van der Waals surface area contributed by atoms with E-state index in [1.807, 2.05) is 0 Å². The number of thiazole rings is 1. The van der Waals surface area contributed by atoms with Gasteiger partial charge in [-0.05, 0) is 43.9 Å². The van der Waals surface area contributed by atoms with Gasteiger partial charge in [0.25, 0.3) is 0 Å². The van der Waals surface area contributed by atoms with Gasteiger partial charge in [-0.2, -0.15) is 0 Å². The van der Waals surface area contributed by atoms with Crippen LogP contribution in [0.15, 0.2) is 18.2 Å². The summed E-state index contributed by atoms with van der Waals surface area (Å²) < 4.78 is 5.51. The van der Waals surface area contributed by atoms with E-state index in [-0.39, 0.29) is 0 Å². The van der Waals surface area contributed by atoms with Crippen LogP contribution in [0.25, 0.3) is 10.6 Å². The fourth-order valence-corrected chi connectivity index (χ4v) is 4.05. The number of aromatic nitrogens is 1. The number of hydrogen-bond donors (Lipinski definition) is 1. The van der Waals surface area contributed by atoms with Gasteiger partial charge in [-0.25, -0.2) is 4.98 Å². The van der Waals surface area contributed by atoms with Crippen molar-refractivity contribution in [2.75, 3.05) is 13.7 Å². The third kappa shape index (κ3) is 2.34. The summed E-state index contributed by atoms with van der Waals surface area (Å²) in [7, 11) is 1.72. The van der Waals surface area contributed by atoms with Gasteiger partial charge in [0.2, 0.25) is 0 Å². The lowest BCUT2D eigenvalue weighted by molar-refractivity contribution is 0.416. The van der Waals surface area contributed by atoms with Gasteiger partial charge in [-0.1, -0.05) is 6.07 Å². The standard InChI is InChI=1S/C16H20N2OS/c1-10-6-7-12(13(8-10)19-2)16-18-15-11(9-17)4-3-5-14(15)20-16/h6-8,11H,3-5,9,17H2,1-2H3. The molecule has 1 aliphatic carbocycles. The lowest BCUT2D eigenvalue weighted by atomic mass is 9.91. The van der Waals surface area contributed by atoms with E-state index in [9.17, 15) is 0 Å². The number of aryl methyl sites for hydroxylation is 2. The summed E-state index contributed by atoms with van der Waals surface area (Å²) in [5, 5.41) is 1.06. The zero-order valence-corrected chi connectivity index (χ0v) is 12.8.